The SMILES string of the molecule is SCC1(COCc2ccc(Cl)cc2)CCCC1. The first-order valence-corrected chi connectivity index (χ1v) is 7.18. The second-order valence-corrected chi connectivity index (χ2v) is 5.74. The number of hydrogen-bond donors (Lipinski definition) is 1. The smallest absolute Gasteiger partial charge is 0.0717 e. The molecule has 3 heteroatoms. The molecule has 0 radical (unpaired) electrons. The molecule has 0 bridgehead atoms. The molecule has 0 spiro atoms. The fourth-order valence-electron chi connectivity index (χ4n) is 2.44. The standard InChI is InChI=1S/C14H19ClOS/c15-13-5-3-12(4-6-13)9-16-10-14(11-17)7-1-2-8-14/h3-6,17H,1-2,7-11H2. The second kappa shape index (κ2) is 6.12. The van der Waals surface area contributed by atoms with Crippen molar-refractivity contribution in [3.63, 3.8) is 0 Å². The molecule has 17 heavy (non-hydrogen) atoms. The predicted molar refractivity (Wildman–Crippen MR) is 75.9 cm³/mol. The van der Waals surface area contributed by atoms with Gasteiger partial charge in [0, 0.05) is 10.4 Å². The van der Waals surface area contributed by atoms with Crippen molar-refractivity contribution in [2.75, 3.05) is 12.4 Å². The normalized spacial score (nSPS) is 18.5. The molecule has 1 aromatic rings. The Kier molecular flexibility index (Phi) is 4.78. The topological polar surface area (TPSA) is 9.23 Å². The summed E-state index contributed by atoms with van der Waals surface area (Å²) in [7, 11) is 0. The summed E-state index contributed by atoms with van der Waals surface area (Å²) in [6, 6.07) is 7.85. The van der Waals surface area contributed by atoms with Crippen LogP contribution in [0.3, 0.4) is 0 Å². The van der Waals surface area contributed by atoms with E-state index in [0.717, 1.165) is 17.4 Å². The van der Waals surface area contributed by atoms with Crippen LogP contribution in [0.2, 0.25) is 5.02 Å². The zero-order chi connectivity index (χ0) is 12.1. The van der Waals surface area contributed by atoms with Gasteiger partial charge in [-0.3, -0.25) is 0 Å². The first-order valence-electron chi connectivity index (χ1n) is 6.17. The fourth-order valence-corrected chi connectivity index (χ4v) is 2.97. The Hall–Kier alpha value is -0.180. The summed E-state index contributed by atoms with van der Waals surface area (Å²) in [6.07, 6.45) is 5.17. The molecule has 0 amide bonds. The molecule has 1 nitrogen and oxygen atoms in total. The van der Waals surface area contributed by atoms with Gasteiger partial charge in [-0.05, 0) is 36.3 Å². The Bertz CT molecular complexity index is 344. The van der Waals surface area contributed by atoms with Crippen LogP contribution in [0.15, 0.2) is 24.3 Å². The maximum atomic E-state index is 5.85. The molecule has 0 heterocycles. The molecule has 0 N–H and O–H groups in total. The van der Waals surface area contributed by atoms with Crippen molar-refractivity contribution in [1.29, 1.82) is 0 Å². The highest BCUT2D eigenvalue weighted by Crippen LogP contribution is 2.39. The van der Waals surface area contributed by atoms with E-state index in [1.807, 2.05) is 24.3 Å². The highest BCUT2D eigenvalue weighted by molar-refractivity contribution is 7.80. The molecule has 0 unspecified atom stereocenters. The highest BCUT2D eigenvalue weighted by atomic mass is 35.5. The lowest BCUT2D eigenvalue weighted by molar-refractivity contribution is 0.0483. The molecule has 1 aliphatic rings. The Morgan fingerprint density at radius 3 is 2.41 bits per heavy atom. The van der Waals surface area contributed by atoms with Crippen molar-refractivity contribution >= 4 is 24.2 Å². The van der Waals surface area contributed by atoms with Crippen molar-refractivity contribution in [2.24, 2.45) is 5.41 Å². The van der Waals surface area contributed by atoms with Crippen molar-refractivity contribution < 1.29 is 4.74 Å². The second-order valence-electron chi connectivity index (χ2n) is 4.98. The van der Waals surface area contributed by atoms with Gasteiger partial charge in [0.05, 0.1) is 13.2 Å². The lowest BCUT2D eigenvalue weighted by Gasteiger charge is -2.26. The van der Waals surface area contributed by atoms with Gasteiger partial charge in [-0.15, -0.1) is 0 Å². The summed E-state index contributed by atoms with van der Waals surface area (Å²) in [5.41, 5.74) is 1.51. The molecular formula is C14H19ClOS. The summed E-state index contributed by atoms with van der Waals surface area (Å²) in [6.45, 7) is 1.51. The molecule has 0 aliphatic heterocycles. The van der Waals surface area contributed by atoms with Gasteiger partial charge < -0.3 is 4.74 Å². The molecular weight excluding hydrogens is 252 g/mol. The molecule has 1 aliphatic carbocycles. The van der Waals surface area contributed by atoms with Crippen LogP contribution < -0.4 is 0 Å². The van der Waals surface area contributed by atoms with E-state index in [4.69, 9.17) is 16.3 Å². The summed E-state index contributed by atoms with van der Waals surface area (Å²) >= 11 is 10.3. The molecule has 0 atom stereocenters. The first kappa shape index (κ1) is 13.3. The molecule has 1 saturated carbocycles. The van der Waals surface area contributed by atoms with Gasteiger partial charge in [-0.25, -0.2) is 0 Å². The lowest BCUT2D eigenvalue weighted by atomic mass is 9.90. The maximum Gasteiger partial charge on any atom is 0.0717 e. The van der Waals surface area contributed by atoms with E-state index in [-0.39, 0.29) is 0 Å². The Balaban J connectivity index is 1.80. The van der Waals surface area contributed by atoms with Crippen molar-refractivity contribution in [3.8, 4) is 0 Å². The van der Waals surface area contributed by atoms with Gasteiger partial charge in [0.1, 0.15) is 0 Å². The van der Waals surface area contributed by atoms with Gasteiger partial charge >= 0.3 is 0 Å². The molecule has 1 aromatic carbocycles. The monoisotopic (exact) mass is 270 g/mol. The van der Waals surface area contributed by atoms with Gasteiger partial charge in [-0.1, -0.05) is 36.6 Å². The average molecular weight is 271 g/mol. The van der Waals surface area contributed by atoms with E-state index in [9.17, 15) is 0 Å². The van der Waals surface area contributed by atoms with E-state index < -0.39 is 0 Å². The summed E-state index contributed by atoms with van der Waals surface area (Å²) in [4.78, 5) is 0. The van der Waals surface area contributed by atoms with Crippen molar-refractivity contribution in [1.82, 2.24) is 0 Å². The zero-order valence-corrected chi connectivity index (χ0v) is 11.6. The van der Waals surface area contributed by atoms with Crippen LogP contribution >= 0.6 is 24.2 Å². The van der Waals surface area contributed by atoms with Gasteiger partial charge in [0.25, 0.3) is 0 Å². The van der Waals surface area contributed by atoms with Gasteiger partial charge in [0.15, 0.2) is 0 Å². The van der Waals surface area contributed by atoms with E-state index in [0.29, 0.717) is 12.0 Å². The Labute approximate surface area is 114 Å². The molecule has 2 rings (SSSR count). The number of rotatable bonds is 5. The van der Waals surface area contributed by atoms with Gasteiger partial charge in [-0.2, -0.15) is 12.6 Å². The van der Waals surface area contributed by atoms with Crippen LogP contribution in [0.4, 0.5) is 0 Å². The molecule has 0 aromatic heterocycles. The maximum absolute atomic E-state index is 5.85. The third kappa shape index (κ3) is 3.64. The predicted octanol–water partition coefficient (Wildman–Crippen LogP) is 4.35. The molecule has 0 saturated heterocycles. The summed E-state index contributed by atoms with van der Waals surface area (Å²) < 4.78 is 5.85. The van der Waals surface area contributed by atoms with E-state index in [1.54, 1.807) is 0 Å². The van der Waals surface area contributed by atoms with E-state index in [1.165, 1.54) is 31.2 Å². The first-order chi connectivity index (χ1) is 8.24. The molecule has 94 valence electrons. The fraction of sp³-hybridized carbons (Fsp3) is 0.571. The Morgan fingerprint density at radius 2 is 1.82 bits per heavy atom. The summed E-state index contributed by atoms with van der Waals surface area (Å²) in [5.74, 6) is 0.938. The van der Waals surface area contributed by atoms with Crippen LogP contribution in [-0.2, 0) is 11.3 Å². The summed E-state index contributed by atoms with van der Waals surface area (Å²) in [5, 5.41) is 0.774. The highest BCUT2D eigenvalue weighted by Gasteiger charge is 2.32. The largest absolute Gasteiger partial charge is 0.376 e. The minimum atomic E-state index is 0.329. The van der Waals surface area contributed by atoms with Crippen LogP contribution in [0, 0.1) is 5.41 Å². The van der Waals surface area contributed by atoms with Gasteiger partial charge in [0.2, 0.25) is 0 Å². The number of benzene rings is 1. The number of halogens is 1. The van der Waals surface area contributed by atoms with Crippen LogP contribution in [-0.4, -0.2) is 12.4 Å². The molecule has 1 fully saturated rings. The number of ether oxygens (including phenoxy) is 1. The van der Waals surface area contributed by atoms with Crippen molar-refractivity contribution in [2.45, 2.75) is 32.3 Å². The third-order valence-corrected chi connectivity index (χ3v) is 4.51. The minimum absolute atomic E-state index is 0.329. The third-order valence-electron chi connectivity index (χ3n) is 3.59. The van der Waals surface area contributed by atoms with Crippen LogP contribution in [0.25, 0.3) is 0 Å². The average Bonchev–Trinajstić information content (AvgIpc) is 2.81. The van der Waals surface area contributed by atoms with Crippen molar-refractivity contribution in [3.05, 3.63) is 34.9 Å². The van der Waals surface area contributed by atoms with Crippen LogP contribution in [0.5, 0.6) is 0 Å². The number of thiol groups is 1. The number of hydrogen-bond acceptors (Lipinski definition) is 2. The lowest BCUT2D eigenvalue weighted by Crippen LogP contribution is -2.25. The zero-order valence-electron chi connectivity index (χ0n) is 9.99. The van der Waals surface area contributed by atoms with E-state index >= 15 is 0 Å². The quantitative estimate of drug-likeness (QED) is 0.783. The minimum Gasteiger partial charge on any atom is -0.376 e. The Morgan fingerprint density at radius 1 is 1.18 bits per heavy atom. The van der Waals surface area contributed by atoms with Crippen LogP contribution in [0.1, 0.15) is 31.2 Å². The van der Waals surface area contributed by atoms with E-state index in [2.05, 4.69) is 12.6 Å².